The number of carbonyl (C=O) groups is 3. The van der Waals surface area contributed by atoms with Crippen LogP contribution < -0.4 is 0 Å². The summed E-state index contributed by atoms with van der Waals surface area (Å²) >= 11 is 18.3. The Hall–Kier alpha value is -0.350. The molecule has 0 unspecified atom stereocenters. The van der Waals surface area contributed by atoms with Crippen LogP contribution in [0, 0.1) is 0 Å². The number of thioether (sulfide) groups is 1. The van der Waals surface area contributed by atoms with Crippen molar-refractivity contribution in [2.75, 3.05) is 19.3 Å². The molecule has 3 amide bonds. The van der Waals surface area contributed by atoms with Gasteiger partial charge in [0.15, 0.2) is 0 Å². The van der Waals surface area contributed by atoms with Crippen molar-refractivity contribution in [2.24, 2.45) is 5.16 Å². The predicted octanol–water partition coefficient (Wildman–Crippen LogP) is 3.25. The van der Waals surface area contributed by atoms with Gasteiger partial charge in [-0.1, -0.05) is 58.6 Å². The van der Waals surface area contributed by atoms with Gasteiger partial charge in [0, 0.05) is 37.7 Å². The zero-order valence-corrected chi connectivity index (χ0v) is 16.2. The monoisotopic (exact) mass is 421 g/mol. The van der Waals surface area contributed by atoms with Crippen LogP contribution in [0.1, 0.15) is 19.8 Å². The molecule has 0 atom stereocenters. The Labute approximate surface area is 157 Å². The number of alkyl halides is 3. The molecule has 1 saturated heterocycles. The number of hydrogen-bond donors (Lipinski definition) is 0. The van der Waals surface area contributed by atoms with Crippen LogP contribution in [0.4, 0.5) is 4.79 Å². The molecule has 0 radical (unpaired) electrons. The van der Waals surface area contributed by atoms with Crippen LogP contribution in [0.25, 0.3) is 0 Å². The molecule has 0 saturated carbocycles. The average Bonchev–Trinajstić information content (AvgIpc) is 2.44. The topological polar surface area (TPSA) is 79.3 Å². The Bertz CT molecular complexity index is 513. The summed E-state index contributed by atoms with van der Waals surface area (Å²) in [6.07, 6.45) is -0.0123. The van der Waals surface area contributed by atoms with E-state index < -0.39 is 15.1 Å². The van der Waals surface area contributed by atoms with Crippen molar-refractivity contribution < 1.29 is 19.2 Å². The normalized spacial score (nSPS) is 17.3. The van der Waals surface area contributed by atoms with Crippen molar-refractivity contribution in [3.8, 4) is 0 Å². The SMILES string of the molecule is CCCC(=O)N1CCSC(=NOC(=O)N(C)SC(Cl)(Cl)Cl)C1=O. The van der Waals surface area contributed by atoms with Gasteiger partial charge in [-0.25, -0.2) is 9.10 Å². The highest BCUT2D eigenvalue weighted by atomic mass is 35.6. The fraction of sp³-hybridized carbons (Fsp3) is 0.636. The molecule has 0 aromatic carbocycles. The van der Waals surface area contributed by atoms with Gasteiger partial charge in [0.05, 0.1) is 0 Å². The van der Waals surface area contributed by atoms with Crippen molar-refractivity contribution in [3.63, 3.8) is 0 Å². The summed E-state index contributed by atoms with van der Waals surface area (Å²) in [5.74, 6) is -0.374. The molecule has 0 aliphatic carbocycles. The molecule has 0 spiro atoms. The Morgan fingerprint density at radius 3 is 2.70 bits per heavy atom. The second-order valence-electron chi connectivity index (χ2n) is 4.24. The van der Waals surface area contributed by atoms with Gasteiger partial charge in [-0.2, -0.15) is 0 Å². The Balaban J connectivity index is 2.67. The van der Waals surface area contributed by atoms with Crippen molar-refractivity contribution in [1.29, 1.82) is 0 Å². The summed E-state index contributed by atoms with van der Waals surface area (Å²) in [7, 11) is 1.32. The van der Waals surface area contributed by atoms with Crippen LogP contribution in [0.2, 0.25) is 0 Å². The highest BCUT2D eigenvalue weighted by Gasteiger charge is 2.31. The highest BCUT2D eigenvalue weighted by Crippen LogP contribution is 2.40. The van der Waals surface area contributed by atoms with E-state index >= 15 is 0 Å². The summed E-state index contributed by atoms with van der Waals surface area (Å²) < 4.78 is -0.811. The maximum atomic E-state index is 12.1. The van der Waals surface area contributed by atoms with Crippen LogP contribution in [0.3, 0.4) is 0 Å². The molecule has 23 heavy (non-hydrogen) atoms. The van der Waals surface area contributed by atoms with Gasteiger partial charge < -0.3 is 0 Å². The molecule has 7 nitrogen and oxygen atoms in total. The minimum Gasteiger partial charge on any atom is -0.296 e. The third-order valence-corrected chi connectivity index (χ3v) is 4.61. The molecule has 0 N–H and O–H groups in total. The third-order valence-electron chi connectivity index (χ3n) is 2.45. The first-order valence-electron chi connectivity index (χ1n) is 6.41. The molecule has 130 valence electrons. The second-order valence-corrected chi connectivity index (χ2v) is 9.62. The van der Waals surface area contributed by atoms with E-state index in [4.69, 9.17) is 34.8 Å². The standard InChI is InChI=1S/C11H14Cl3N3O4S2/c1-3-4-7(18)17-5-6-22-8(9(17)19)15-21-10(20)16(2)23-11(12,13)14/h3-6H2,1-2H3. The minimum atomic E-state index is -1.74. The van der Waals surface area contributed by atoms with E-state index in [2.05, 4.69) is 9.99 Å². The maximum Gasteiger partial charge on any atom is 0.445 e. The zero-order chi connectivity index (χ0) is 17.6. The summed E-state index contributed by atoms with van der Waals surface area (Å²) in [5, 5.41) is 3.44. The lowest BCUT2D eigenvalue weighted by molar-refractivity contribution is -0.140. The van der Waals surface area contributed by atoms with Gasteiger partial charge >= 0.3 is 6.09 Å². The second kappa shape index (κ2) is 9.22. The lowest BCUT2D eigenvalue weighted by atomic mass is 10.3. The van der Waals surface area contributed by atoms with Crippen molar-refractivity contribution >= 4 is 81.5 Å². The molecular weight excluding hydrogens is 409 g/mol. The molecule has 0 aromatic rings. The zero-order valence-electron chi connectivity index (χ0n) is 12.3. The number of amides is 3. The van der Waals surface area contributed by atoms with Gasteiger partial charge in [-0.15, -0.1) is 0 Å². The number of carbonyl (C=O) groups excluding carboxylic acids is 3. The molecule has 0 bridgehead atoms. The summed E-state index contributed by atoms with van der Waals surface area (Å²) in [5.41, 5.74) is 0. The molecule has 12 heteroatoms. The molecule has 1 aliphatic rings. The molecular formula is C11H14Cl3N3O4S2. The number of nitrogens with zero attached hydrogens (tertiary/aromatic N) is 3. The first kappa shape index (κ1) is 20.7. The fourth-order valence-corrected chi connectivity index (χ4v) is 3.64. The van der Waals surface area contributed by atoms with Gasteiger partial charge in [-0.05, 0) is 6.42 Å². The largest absolute Gasteiger partial charge is 0.445 e. The maximum absolute atomic E-state index is 12.1. The van der Waals surface area contributed by atoms with Gasteiger partial charge in [0.25, 0.3) is 9.03 Å². The summed E-state index contributed by atoms with van der Waals surface area (Å²) in [4.78, 5) is 41.4. The van der Waals surface area contributed by atoms with E-state index in [1.807, 2.05) is 6.92 Å². The number of imide groups is 1. The van der Waals surface area contributed by atoms with Gasteiger partial charge in [-0.3, -0.25) is 19.3 Å². The van der Waals surface area contributed by atoms with Gasteiger partial charge in [0.1, 0.15) is 0 Å². The van der Waals surface area contributed by atoms with E-state index in [1.54, 1.807) is 0 Å². The fourth-order valence-electron chi connectivity index (χ4n) is 1.50. The first-order valence-corrected chi connectivity index (χ1v) is 9.31. The Morgan fingerprint density at radius 1 is 1.48 bits per heavy atom. The number of oxime groups is 1. The lowest BCUT2D eigenvalue weighted by Crippen LogP contribution is -2.45. The molecule has 1 fully saturated rings. The Kier molecular flexibility index (Phi) is 8.29. The van der Waals surface area contributed by atoms with Gasteiger partial charge in [0.2, 0.25) is 11.0 Å². The molecule has 1 aliphatic heterocycles. The van der Waals surface area contributed by atoms with E-state index in [0.29, 0.717) is 30.7 Å². The number of halogens is 3. The lowest BCUT2D eigenvalue weighted by Gasteiger charge is -2.25. The molecule has 0 aromatic heterocycles. The smallest absolute Gasteiger partial charge is 0.296 e. The summed E-state index contributed by atoms with van der Waals surface area (Å²) in [6, 6.07) is 0. The number of rotatable bonds is 4. The van der Waals surface area contributed by atoms with Crippen molar-refractivity contribution in [2.45, 2.75) is 22.9 Å². The van der Waals surface area contributed by atoms with Crippen LogP contribution >= 0.6 is 58.5 Å². The van der Waals surface area contributed by atoms with E-state index in [0.717, 1.165) is 21.0 Å². The quantitative estimate of drug-likeness (QED) is 0.299. The molecule has 1 heterocycles. The summed E-state index contributed by atoms with van der Waals surface area (Å²) in [6.45, 7) is 2.15. The number of hydrogen-bond acceptors (Lipinski definition) is 7. The van der Waals surface area contributed by atoms with Crippen molar-refractivity contribution in [1.82, 2.24) is 9.21 Å². The van der Waals surface area contributed by atoms with Crippen LogP contribution in [-0.2, 0) is 14.4 Å². The first-order chi connectivity index (χ1) is 10.7. The van der Waals surface area contributed by atoms with E-state index in [-0.39, 0.29) is 17.4 Å². The van der Waals surface area contributed by atoms with Crippen molar-refractivity contribution in [3.05, 3.63) is 0 Å². The average molecular weight is 423 g/mol. The Morgan fingerprint density at radius 2 is 2.13 bits per heavy atom. The molecule has 1 rings (SSSR count). The van der Waals surface area contributed by atoms with E-state index in [1.165, 1.54) is 7.05 Å². The van der Waals surface area contributed by atoms with Crippen LogP contribution in [-0.4, -0.2) is 54.6 Å². The van der Waals surface area contributed by atoms with E-state index in [9.17, 15) is 14.4 Å². The predicted molar refractivity (Wildman–Crippen MR) is 93.6 cm³/mol. The van der Waals surface area contributed by atoms with Crippen LogP contribution in [0.15, 0.2) is 5.16 Å². The minimum absolute atomic E-state index is 0.0682. The third kappa shape index (κ3) is 6.96. The van der Waals surface area contributed by atoms with Crippen LogP contribution in [0.5, 0.6) is 0 Å². The highest BCUT2D eigenvalue weighted by molar-refractivity contribution is 8.15.